The molecule has 1 aromatic carbocycles. The third-order valence-corrected chi connectivity index (χ3v) is 10.7. The molecule has 1 N–H and O–H groups in total. The first-order valence-electron chi connectivity index (χ1n) is 20.7. The van der Waals surface area contributed by atoms with Gasteiger partial charge in [-0.15, -0.1) is 11.3 Å². The average Bonchev–Trinajstić information content (AvgIpc) is 3.85. The largest absolute Gasteiger partial charge is 0.492 e. The van der Waals surface area contributed by atoms with Crippen LogP contribution < -0.4 is 10.1 Å². The number of carbonyl (C=O) groups is 4. The molecule has 4 atom stereocenters. The number of nitrogens with zero attached hydrogens (tertiary/aromatic N) is 2. The lowest BCUT2D eigenvalue weighted by Crippen LogP contribution is -2.38. The van der Waals surface area contributed by atoms with Crippen molar-refractivity contribution in [2.75, 3.05) is 39.3 Å². The Hall–Kier alpha value is -3.84. The van der Waals surface area contributed by atoms with Crippen LogP contribution in [0.2, 0.25) is 0 Å². The van der Waals surface area contributed by atoms with Crippen molar-refractivity contribution in [3.63, 3.8) is 0 Å². The van der Waals surface area contributed by atoms with Crippen molar-refractivity contribution < 1.29 is 42.9 Å². The summed E-state index contributed by atoms with van der Waals surface area (Å²) in [6, 6.07) is 9.95. The highest BCUT2D eigenvalue weighted by Gasteiger charge is 2.40. The molecule has 0 radical (unpaired) electrons. The minimum absolute atomic E-state index is 0.0278. The van der Waals surface area contributed by atoms with E-state index in [0.717, 1.165) is 16.0 Å². The van der Waals surface area contributed by atoms with Crippen molar-refractivity contribution in [1.29, 1.82) is 0 Å². The number of likely N-dealkylation sites (tertiary alicyclic amines) is 2. The summed E-state index contributed by atoms with van der Waals surface area (Å²) >= 11 is 1.65. The predicted molar refractivity (Wildman–Crippen MR) is 226 cm³/mol. The fraction of sp³-hybridized carbons (Fsp3) is 0.689. The highest BCUT2D eigenvalue weighted by molar-refractivity contribution is 7.10. The Labute approximate surface area is 350 Å². The van der Waals surface area contributed by atoms with Crippen molar-refractivity contribution in [2.24, 2.45) is 23.7 Å². The summed E-state index contributed by atoms with van der Waals surface area (Å²) in [5, 5.41) is 5.56. The lowest BCUT2D eigenvalue weighted by atomic mass is 9.86. The molecule has 2 fully saturated rings. The van der Waals surface area contributed by atoms with E-state index in [-0.39, 0.29) is 41.9 Å². The molecule has 0 unspecified atom stereocenters. The number of ether oxygens (including phenoxy) is 5. The van der Waals surface area contributed by atoms with Crippen LogP contribution >= 0.6 is 11.3 Å². The van der Waals surface area contributed by atoms with Gasteiger partial charge in [0.2, 0.25) is 0 Å². The van der Waals surface area contributed by atoms with Gasteiger partial charge in [-0.3, -0.25) is 9.59 Å². The zero-order valence-corrected chi connectivity index (χ0v) is 37.8. The van der Waals surface area contributed by atoms with E-state index in [0.29, 0.717) is 77.3 Å². The molecule has 0 aliphatic carbocycles. The summed E-state index contributed by atoms with van der Waals surface area (Å²) < 4.78 is 29.1. The summed E-state index contributed by atoms with van der Waals surface area (Å²) in [7, 11) is 0. The number of carbonyl (C=O) groups excluding carboxylic acids is 4. The zero-order valence-electron chi connectivity index (χ0n) is 37.0. The van der Waals surface area contributed by atoms with Gasteiger partial charge in [-0.2, -0.15) is 0 Å². The number of benzene rings is 1. The smallest absolute Gasteiger partial charge is 0.410 e. The predicted octanol–water partition coefficient (Wildman–Crippen LogP) is 8.43. The summed E-state index contributed by atoms with van der Waals surface area (Å²) in [6.07, 6.45) is 1.70. The van der Waals surface area contributed by atoms with Gasteiger partial charge >= 0.3 is 24.1 Å². The van der Waals surface area contributed by atoms with Gasteiger partial charge in [-0.05, 0) is 155 Å². The second-order valence-corrected chi connectivity index (χ2v) is 20.7. The van der Waals surface area contributed by atoms with Gasteiger partial charge in [0.25, 0.3) is 0 Å². The minimum Gasteiger partial charge on any atom is -0.492 e. The molecule has 2 aliphatic rings. The second kappa shape index (κ2) is 19.5. The number of amides is 2. The van der Waals surface area contributed by atoms with E-state index in [1.54, 1.807) is 21.1 Å². The van der Waals surface area contributed by atoms with Crippen molar-refractivity contribution in [2.45, 2.75) is 138 Å². The van der Waals surface area contributed by atoms with Gasteiger partial charge in [0.1, 0.15) is 34.8 Å². The lowest BCUT2D eigenvalue weighted by Gasteiger charge is -2.28. The van der Waals surface area contributed by atoms with Crippen LogP contribution in [0.5, 0.6) is 5.75 Å². The Bertz CT molecular complexity index is 1700. The standard InChI is InChI=1S/C45H69N3O9S/c1-42(2,3)54-38(49)36(32-16-19-47(27-32)40(51)56-44(7,8)9)24-30-14-13-15-34(22-30)53-21-18-46-26-35-23-31(29-58-35)25-37(39(50)55-43(4,5)6)33-17-20-48(28-33)41(52)57-45(10,11)12/h13-15,22-23,29,32-33,36-37,46H,16-21,24-28H2,1-12H3/t32-,33-,36-,37-/m0/s1. The average molecular weight is 828 g/mol. The molecule has 3 heterocycles. The molecule has 58 heavy (non-hydrogen) atoms. The maximum Gasteiger partial charge on any atom is 0.410 e. The molecule has 12 nitrogen and oxygen atoms in total. The molecule has 2 saturated heterocycles. The normalized spacial score (nSPS) is 18.8. The number of rotatable bonds is 14. The number of nitrogens with one attached hydrogen (secondary N) is 1. The van der Waals surface area contributed by atoms with Gasteiger partial charge in [0.15, 0.2) is 0 Å². The summed E-state index contributed by atoms with van der Waals surface area (Å²) in [5.41, 5.74) is -0.393. The van der Waals surface area contributed by atoms with E-state index in [4.69, 9.17) is 23.7 Å². The summed E-state index contributed by atoms with van der Waals surface area (Å²) in [6.45, 7) is 26.0. The molecule has 0 spiro atoms. The fourth-order valence-electron chi connectivity index (χ4n) is 7.20. The molecule has 1 aromatic heterocycles. The topological polar surface area (TPSA) is 133 Å². The van der Waals surface area contributed by atoms with Crippen LogP contribution in [-0.4, -0.2) is 95.7 Å². The highest BCUT2D eigenvalue weighted by atomic mass is 32.1. The SMILES string of the molecule is CC(C)(C)OC(=O)[C@@H](Cc1cccc(OCCNCc2cc(C[C@H](C(=O)OC(C)(C)C)[C@H]3CCN(C(=O)OC(C)(C)C)C3)cs2)c1)[C@H]1CCN(C(=O)OC(C)(C)C)C1. The molecular formula is C45H69N3O9S. The van der Waals surface area contributed by atoms with Crippen LogP contribution in [0.3, 0.4) is 0 Å². The van der Waals surface area contributed by atoms with E-state index >= 15 is 0 Å². The number of thiophene rings is 1. The van der Waals surface area contributed by atoms with Crippen LogP contribution in [0.1, 0.15) is 112 Å². The third-order valence-electron chi connectivity index (χ3n) is 9.67. The van der Waals surface area contributed by atoms with E-state index in [1.807, 2.05) is 107 Å². The maximum atomic E-state index is 13.5. The van der Waals surface area contributed by atoms with Crippen LogP contribution in [0, 0.1) is 23.7 Å². The Morgan fingerprint density at radius 1 is 0.690 bits per heavy atom. The first-order chi connectivity index (χ1) is 26.8. The van der Waals surface area contributed by atoms with Gasteiger partial charge in [0, 0.05) is 44.1 Å². The highest BCUT2D eigenvalue weighted by Crippen LogP contribution is 2.33. The Morgan fingerprint density at radius 3 is 1.66 bits per heavy atom. The zero-order chi connectivity index (χ0) is 43.1. The molecule has 2 amide bonds. The maximum absolute atomic E-state index is 13.5. The van der Waals surface area contributed by atoms with Crippen LogP contribution in [0.4, 0.5) is 9.59 Å². The molecule has 324 valence electrons. The van der Waals surface area contributed by atoms with Crippen molar-refractivity contribution in [3.8, 4) is 5.75 Å². The molecular weight excluding hydrogens is 759 g/mol. The first-order valence-corrected chi connectivity index (χ1v) is 21.6. The van der Waals surface area contributed by atoms with Crippen LogP contribution in [-0.2, 0) is 47.9 Å². The van der Waals surface area contributed by atoms with Crippen molar-refractivity contribution >= 4 is 35.5 Å². The van der Waals surface area contributed by atoms with E-state index in [2.05, 4.69) is 16.8 Å². The summed E-state index contributed by atoms with van der Waals surface area (Å²) in [4.78, 5) is 57.1. The van der Waals surface area contributed by atoms with Crippen molar-refractivity contribution in [3.05, 3.63) is 51.7 Å². The third kappa shape index (κ3) is 15.7. The quantitative estimate of drug-likeness (QED) is 0.112. The number of hydrogen-bond acceptors (Lipinski definition) is 11. The van der Waals surface area contributed by atoms with E-state index in [1.165, 1.54) is 0 Å². The van der Waals surface area contributed by atoms with E-state index < -0.39 is 28.3 Å². The van der Waals surface area contributed by atoms with Gasteiger partial charge < -0.3 is 38.8 Å². The molecule has 2 aromatic rings. The Balaban J connectivity index is 1.30. The molecule has 4 rings (SSSR count). The van der Waals surface area contributed by atoms with Crippen molar-refractivity contribution in [1.82, 2.24) is 15.1 Å². The molecule has 0 saturated carbocycles. The molecule has 0 bridgehead atoms. The van der Waals surface area contributed by atoms with Crippen LogP contribution in [0.25, 0.3) is 0 Å². The van der Waals surface area contributed by atoms with Gasteiger partial charge in [-0.1, -0.05) is 12.1 Å². The summed E-state index contributed by atoms with van der Waals surface area (Å²) in [5.74, 6) is -0.680. The lowest BCUT2D eigenvalue weighted by molar-refractivity contribution is -0.163. The number of hydrogen-bond donors (Lipinski definition) is 1. The van der Waals surface area contributed by atoms with E-state index in [9.17, 15) is 19.2 Å². The number of esters is 2. The Kier molecular flexibility index (Phi) is 15.7. The minimum atomic E-state index is -0.632. The van der Waals surface area contributed by atoms with Gasteiger partial charge in [0.05, 0.1) is 11.8 Å². The Morgan fingerprint density at radius 2 is 1.17 bits per heavy atom. The van der Waals surface area contributed by atoms with Crippen LogP contribution in [0.15, 0.2) is 35.7 Å². The molecule has 2 aliphatic heterocycles. The van der Waals surface area contributed by atoms with Gasteiger partial charge in [-0.25, -0.2) is 9.59 Å². The fourth-order valence-corrected chi connectivity index (χ4v) is 8.08. The molecule has 13 heteroatoms. The first kappa shape index (κ1) is 46.8. The monoisotopic (exact) mass is 827 g/mol. The second-order valence-electron chi connectivity index (χ2n) is 19.7.